The Kier molecular flexibility index (Phi) is 1.29. The molecule has 3 nitrogen and oxygen atoms in total. The van der Waals surface area contributed by atoms with Crippen molar-refractivity contribution in [2.75, 3.05) is 0 Å². The van der Waals surface area contributed by atoms with Gasteiger partial charge >= 0.3 is 0 Å². The van der Waals surface area contributed by atoms with E-state index in [9.17, 15) is 4.79 Å². The number of Topliss-reactive ketones (excluding diaryl/α,β-unsaturated/α-hetero) is 1. The van der Waals surface area contributed by atoms with Crippen LogP contribution in [0.15, 0.2) is 12.2 Å². The molecule has 2 rings (SSSR count). The Morgan fingerprint density at radius 3 is 1.83 bits per heavy atom. The molecule has 4 unspecified atom stereocenters. The summed E-state index contributed by atoms with van der Waals surface area (Å²) in [7, 11) is 0. The maximum atomic E-state index is 11.3. The second-order valence-electron chi connectivity index (χ2n) is 3.15. The molecule has 2 aliphatic carbocycles. The highest BCUT2D eigenvalue weighted by Crippen LogP contribution is 2.44. The number of fused-ring (bicyclic) bond motifs is 2. The van der Waals surface area contributed by atoms with E-state index in [1.807, 2.05) is 12.1 Å². The number of nitriles is 2. The van der Waals surface area contributed by atoms with Gasteiger partial charge in [-0.1, -0.05) is 12.2 Å². The van der Waals surface area contributed by atoms with E-state index in [2.05, 4.69) is 0 Å². The Hall–Kier alpha value is -1.61. The SMILES string of the molecule is N#CC1C2C=CC(C2=O)C1C#N. The summed E-state index contributed by atoms with van der Waals surface area (Å²) in [6.45, 7) is 0. The van der Waals surface area contributed by atoms with Crippen molar-refractivity contribution < 1.29 is 4.79 Å². The van der Waals surface area contributed by atoms with Gasteiger partial charge in [-0.25, -0.2) is 0 Å². The van der Waals surface area contributed by atoms with Gasteiger partial charge in [-0.15, -0.1) is 0 Å². The van der Waals surface area contributed by atoms with Crippen molar-refractivity contribution in [3.63, 3.8) is 0 Å². The van der Waals surface area contributed by atoms with Gasteiger partial charge in [-0.2, -0.15) is 10.5 Å². The number of carbonyl (C=O) groups excluding carboxylic acids is 1. The van der Waals surface area contributed by atoms with Crippen LogP contribution in [-0.2, 0) is 4.79 Å². The van der Waals surface area contributed by atoms with E-state index in [1.165, 1.54) is 0 Å². The van der Waals surface area contributed by atoms with Crippen LogP contribution < -0.4 is 0 Å². The summed E-state index contributed by atoms with van der Waals surface area (Å²) in [5.41, 5.74) is 0. The number of carbonyl (C=O) groups is 1. The second-order valence-corrected chi connectivity index (χ2v) is 3.15. The Balaban J connectivity index is 2.43. The zero-order valence-corrected chi connectivity index (χ0v) is 6.27. The van der Waals surface area contributed by atoms with Crippen LogP contribution >= 0.6 is 0 Å². The first-order chi connectivity index (χ1) is 5.79. The topological polar surface area (TPSA) is 64.7 Å². The standard InChI is InChI=1S/C9H6N2O/c10-3-7-5-1-2-6(9(5)12)8(7)4-11/h1-2,5-8H. The van der Waals surface area contributed by atoms with Crippen molar-refractivity contribution >= 4 is 5.78 Å². The van der Waals surface area contributed by atoms with Gasteiger partial charge in [0.1, 0.15) is 5.78 Å². The molecule has 0 aromatic heterocycles. The Morgan fingerprint density at radius 1 is 1.08 bits per heavy atom. The molecule has 1 saturated carbocycles. The van der Waals surface area contributed by atoms with E-state index in [1.54, 1.807) is 12.2 Å². The van der Waals surface area contributed by atoms with E-state index in [4.69, 9.17) is 10.5 Å². The van der Waals surface area contributed by atoms with Crippen LogP contribution in [0.3, 0.4) is 0 Å². The monoisotopic (exact) mass is 158 g/mol. The largest absolute Gasteiger partial charge is 0.298 e. The molecule has 0 aliphatic heterocycles. The van der Waals surface area contributed by atoms with Crippen molar-refractivity contribution in [1.29, 1.82) is 10.5 Å². The average molecular weight is 158 g/mol. The molecule has 0 radical (unpaired) electrons. The number of rotatable bonds is 0. The van der Waals surface area contributed by atoms with Gasteiger partial charge in [0.2, 0.25) is 0 Å². The zero-order chi connectivity index (χ0) is 8.72. The molecule has 0 saturated heterocycles. The quantitative estimate of drug-likeness (QED) is 0.486. The van der Waals surface area contributed by atoms with Gasteiger partial charge in [0.05, 0.1) is 35.8 Å². The lowest BCUT2D eigenvalue weighted by Gasteiger charge is -2.12. The number of nitrogens with zero attached hydrogens (tertiary/aromatic N) is 2. The van der Waals surface area contributed by atoms with E-state index in [0.29, 0.717) is 0 Å². The van der Waals surface area contributed by atoms with Crippen molar-refractivity contribution in [2.45, 2.75) is 0 Å². The van der Waals surface area contributed by atoms with Gasteiger partial charge in [-0.05, 0) is 0 Å². The first-order valence-electron chi connectivity index (χ1n) is 3.81. The lowest BCUT2D eigenvalue weighted by molar-refractivity contribution is -0.121. The van der Waals surface area contributed by atoms with Crippen LogP contribution in [0.5, 0.6) is 0 Å². The molecule has 3 heteroatoms. The molecule has 2 bridgehead atoms. The fraction of sp³-hybridized carbons (Fsp3) is 0.444. The third-order valence-corrected chi connectivity index (χ3v) is 2.64. The maximum absolute atomic E-state index is 11.3. The third-order valence-electron chi connectivity index (χ3n) is 2.64. The summed E-state index contributed by atoms with van der Waals surface area (Å²) in [4.78, 5) is 11.3. The van der Waals surface area contributed by atoms with Crippen molar-refractivity contribution in [3.05, 3.63) is 12.2 Å². The highest BCUT2D eigenvalue weighted by Gasteiger charge is 2.51. The van der Waals surface area contributed by atoms with Gasteiger partial charge in [0.15, 0.2) is 0 Å². The molecule has 4 atom stereocenters. The van der Waals surface area contributed by atoms with Crippen LogP contribution in [0.4, 0.5) is 0 Å². The molecule has 2 aliphatic rings. The molecule has 0 aromatic rings. The van der Waals surface area contributed by atoms with Crippen molar-refractivity contribution in [3.8, 4) is 12.1 Å². The molecular formula is C9H6N2O. The Bertz CT molecular complexity index is 313. The summed E-state index contributed by atoms with van der Waals surface area (Å²) in [6.07, 6.45) is 3.52. The number of hydrogen-bond donors (Lipinski definition) is 0. The molecule has 0 heterocycles. The minimum absolute atomic E-state index is 0.0492. The minimum atomic E-state index is -0.405. The summed E-state index contributed by atoms with van der Waals surface area (Å²) in [5, 5.41) is 17.4. The van der Waals surface area contributed by atoms with E-state index in [-0.39, 0.29) is 17.6 Å². The molecule has 58 valence electrons. The normalized spacial score (nSPS) is 42.7. The second kappa shape index (κ2) is 2.19. The van der Waals surface area contributed by atoms with Crippen molar-refractivity contribution in [2.24, 2.45) is 23.7 Å². The molecule has 12 heavy (non-hydrogen) atoms. The summed E-state index contributed by atoms with van der Waals surface area (Å²) in [5.74, 6) is -1.36. The van der Waals surface area contributed by atoms with Gasteiger partial charge in [-0.3, -0.25) is 4.79 Å². The minimum Gasteiger partial charge on any atom is -0.298 e. The van der Waals surface area contributed by atoms with Gasteiger partial charge in [0, 0.05) is 0 Å². The van der Waals surface area contributed by atoms with E-state index < -0.39 is 11.8 Å². The van der Waals surface area contributed by atoms with Gasteiger partial charge < -0.3 is 0 Å². The molecule has 0 spiro atoms. The average Bonchev–Trinajstić information content (AvgIpc) is 2.58. The number of allylic oxidation sites excluding steroid dienone is 2. The highest BCUT2D eigenvalue weighted by atomic mass is 16.1. The van der Waals surface area contributed by atoms with Crippen LogP contribution in [0.2, 0.25) is 0 Å². The lowest BCUT2D eigenvalue weighted by Crippen LogP contribution is -2.15. The van der Waals surface area contributed by atoms with Crippen molar-refractivity contribution in [1.82, 2.24) is 0 Å². The maximum Gasteiger partial charge on any atom is 0.149 e. The first kappa shape index (κ1) is 7.06. The van der Waals surface area contributed by atoms with Crippen LogP contribution in [0.25, 0.3) is 0 Å². The third kappa shape index (κ3) is 0.611. The Labute approximate surface area is 69.9 Å². The fourth-order valence-electron chi connectivity index (χ4n) is 2.01. The molecule has 0 amide bonds. The molecular weight excluding hydrogens is 152 g/mol. The van der Waals surface area contributed by atoms with Crippen LogP contribution in [0.1, 0.15) is 0 Å². The smallest absolute Gasteiger partial charge is 0.149 e. The predicted octanol–water partition coefficient (Wildman–Crippen LogP) is 0.651. The Morgan fingerprint density at radius 2 is 1.50 bits per heavy atom. The van der Waals surface area contributed by atoms with E-state index in [0.717, 1.165) is 0 Å². The van der Waals surface area contributed by atoms with E-state index >= 15 is 0 Å². The number of hydrogen-bond acceptors (Lipinski definition) is 3. The molecule has 0 aromatic carbocycles. The number of ketones is 1. The van der Waals surface area contributed by atoms with Gasteiger partial charge in [0.25, 0.3) is 0 Å². The zero-order valence-electron chi connectivity index (χ0n) is 6.27. The summed E-state index contributed by atoms with van der Waals surface area (Å²) in [6, 6.07) is 4.06. The predicted molar refractivity (Wildman–Crippen MR) is 39.3 cm³/mol. The molecule has 0 N–H and O–H groups in total. The first-order valence-corrected chi connectivity index (χ1v) is 3.81. The van der Waals surface area contributed by atoms with Crippen LogP contribution in [-0.4, -0.2) is 5.78 Å². The fourth-order valence-corrected chi connectivity index (χ4v) is 2.01. The summed E-state index contributed by atoms with van der Waals surface area (Å²) >= 11 is 0. The molecule has 1 fully saturated rings. The lowest BCUT2D eigenvalue weighted by atomic mass is 9.85. The highest BCUT2D eigenvalue weighted by molar-refractivity contribution is 5.93. The summed E-state index contributed by atoms with van der Waals surface area (Å²) < 4.78 is 0. The van der Waals surface area contributed by atoms with Crippen LogP contribution in [0, 0.1) is 46.3 Å².